The third-order valence-corrected chi connectivity index (χ3v) is 17.9. The van der Waals surface area contributed by atoms with Gasteiger partial charge in [0, 0.05) is 16.3 Å². The first-order valence-corrected chi connectivity index (χ1v) is 19.6. The van der Waals surface area contributed by atoms with Gasteiger partial charge in [0.15, 0.2) is 0 Å². The van der Waals surface area contributed by atoms with E-state index in [0.717, 1.165) is 32.9 Å². The smallest absolute Gasteiger partial charge is 0.311 e. The summed E-state index contributed by atoms with van der Waals surface area (Å²) in [4.78, 5) is 5.05. The molecule has 1 aliphatic heterocycles. The van der Waals surface area contributed by atoms with Crippen LogP contribution in [-0.4, -0.2) is 30.2 Å². The summed E-state index contributed by atoms with van der Waals surface area (Å²) in [5.74, 6) is -0.232. The SMILES string of the molecule is C[Si]1(C)O[Si](C)(C)c2cc3nc4ccccc4c(-c4ccc(F)cc4)c3cc2[Si](C)(C)O1. The quantitative estimate of drug-likeness (QED) is 0.258. The van der Waals surface area contributed by atoms with Crippen LogP contribution in [0.25, 0.3) is 32.9 Å². The molecule has 0 fully saturated rings. The first kappa shape index (κ1) is 21.7. The zero-order chi connectivity index (χ0) is 22.9. The van der Waals surface area contributed by atoms with E-state index in [1.807, 2.05) is 30.3 Å². The molecule has 0 aliphatic carbocycles. The van der Waals surface area contributed by atoms with Gasteiger partial charge in [0.2, 0.25) is 16.6 Å². The van der Waals surface area contributed by atoms with Crippen molar-refractivity contribution < 1.29 is 12.6 Å². The number of benzene rings is 3. The van der Waals surface area contributed by atoms with Crippen molar-refractivity contribution in [1.29, 1.82) is 0 Å². The van der Waals surface area contributed by atoms with Crippen LogP contribution < -0.4 is 10.4 Å². The Morgan fingerprint density at radius 1 is 0.688 bits per heavy atom. The molecule has 0 unspecified atom stereocenters. The molecule has 0 atom stereocenters. The molecule has 0 spiro atoms. The summed E-state index contributed by atoms with van der Waals surface area (Å²) in [6, 6.07) is 19.5. The summed E-state index contributed by atoms with van der Waals surface area (Å²) in [7, 11) is -6.67. The Kier molecular flexibility index (Phi) is 4.85. The van der Waals surface area contributed by atoms with Gasteiger partial charge in [-0.25, -0.2) is 9.37 Å². The topological polar surface area (TPSA) is 31.4 Å². The van der Waals surface area contributed by atoms with Crippen molar-refractivity contribution in [2.24, 2.45) is 0 Å². The molecule has 4 aromatic rings. The molecule has 2 heterocycles. The molecule has 0 N–H and O–H groups in total. The van der Waals surface area contributed by atoms with Crippen molar-refractivity contribution in [3.8, 4) is 11.1 Å². The van der Waals surface area contributed by atoms with Crippen molar-refractivity contribution >= 4 is 57.4 Å². The maximum atomic E-state index is 13.7. The molecule has 164 valence electrons. The monoisotopic (exact) mass is 477 g/mol. The van der Waals surface area contributed by atoms with E-state index in [-0.39, 0.29) is 5.82 Å². The first-order chi connectivity index (χ1) is 15.0. The van der Waals surface area contributed by atoms with E-state index in [0.29, 0.717) is 0 Å². The number of para-hydroxylation sites is 1. The molecule has 32 heavy (non-hydrogen) atoms. The Morgan fingerprint density at radius 2 is 1.28 bits per heavy atom. The highest BCUT2D eigenvalue weighted by Crippen LogP contribution is 2.35. The highest BCUT2D eigenvalue weighted by molar-refractivity contribution is 7.03. The molecule has 0 amide bonds. The number of hydrogen-bond donors (Lipinski definition) is 0. The first-order valence-electron chi connectivity index (χ1n) is 11.0. The van der Waals surface area contributed by atoms with Crippen LogP contribution in [0.5, 0.6) is 0 Å². The van der Waals surface area contributed by atoms with Crippen LogP contribution in [0.2, 0.25) is 39.3 Å². The highest BCUT2D eigenvalue weighted by atomic mass is 28.5. The summed E-state index contributed by atoms with van der Waals surface area (Å²) < 4.78 is 27.2. The minimum Gasteiger partial charge on any atom is -0.433 e. The number of rotatable bonds is 1. The van der Waals surface area contributed by atoms with Gasteiger partial charge in [-0.2, -0.15) is 0 Å². The van der Waals surface area contributed by atoms with Crippen molar-refractivity contribution in [2.45, 2.75) is 39.3 Å². The second-order valence-electron chi connectivity index (χ2n) is 10.1. The molecule has 3 nitrogen and oxygen atoms in total. The van der Waals surface area contributed by atoms with Gasteiger partial charge in [0.05, 0.1) is 11.0 Å². The van der Waals surface area contributed by atoms with Crippen LogP contribution in [0, 0.1) is 5.82 Å². The van der Waals surface area contributed by atoms with E-state index < -0.39 is 25.2 Å². The molecule has 3 aromatic carbocycles. The van der Waals surface area contributed by atoms with Crippen LogP contribution in [-0.2, 0) is 8.23 Å². The average Bonchev–Trinajstić information content (AvgIpc) is 2.75. The van der Waals surface area contributed by atoms with Crippen LogP contribution in [0.3, 0.4) is 0 Å². The Bertz CT molecular complexity index is 1370. The predicted octanol–water partition coefficient (Wildman–Crippen LogP) is 5.77. The number of pyridine rings is 1. The van der Waals surface area contributed by atoms with Crippen molar-refractivity contribution in [2.75, 3.05) is 0 Å². The number of hydrogen-bond acceptors (Lipinski definition) is 3. The molecule has 7 heteroatoms. The lowest BCUT2D eigenvalue weighted by atomic mass is 9.96. The zero-order valence-electron chi connectivity index (χ0n) is 19.4. The van der Waals surface area contributed by atoms with Gasteiger partial charge in [-0.15, -0.1) is 0 Å². The highest BCUT2D eigenvalue weighted by Gasteiger charge is 2.48. The summed E-state index contributed by atoms with van der Waals surface area (Å²) >= 11 is 0. The van der Waals surface area contributed by atoms with Gasteiger partial charge in [-0.1, -0.05) is 36.4 Å². The van der Waals surface area contributed by atoms with E-state index in [4.69, 9.17) is 13.2 Å². The Morgan fingerprint density at radius 3 is 1.94 bits per heavy atom. The van der Waals surface area contributed by atoms with E-state index in [1.165, 1.54) is 22.5 Å². The summed E-state index contributed by atoms with van der Waals surface area (Å²) in [5, 5.41) is 4.76. The Labute approximate surface area is 191 Å². The summed E-state index contributed by atoms with van der Waals surface area (Å²) in [6.07, 6.45) is 0. The molecule has 0 bridgehead atoms. The van der Waals surface area contributed by atoms with Crippen LogP contribution in [0.1, 0.15) is 0 Å². The largest absolute Gasteiger partial charge is 0.433 e. The number of fused-ring (bicyclic) bond motifs is 3. The molecule has 1 aromatic heterocycles. The lowest BCUT2D eigenvalue weighted by Crippen LogP contribution is -2.57. The van der Waals surface area contributed by atoms with Crippen LogP contribution >= 0.6 is 0 Å². The molecule has 5 rings (SSSR count). The van der Waals surface area contributed by atoms with Crippen molar-refractivity contribution in [3.05, 3.63) is 66.5 Å². The molecule has 0 saturated carbocycles. The minimum absolute atomic E-state index is 0.232. The lowest BCUT2D eigenvalue weighted by Gasteiger charge is -2.33. The Balaban J connectivity index is 1.92. The second kappa shape index (κ2) is 7.16. The lowest BCUT2D eigenvalue weighted by molar-refractivity contribution is 0.405. The van der Waals surface area contributed by atoms with E-state index in [1.54, 1.807) is 0 Å². The summed E-state index contributed by atoms with van der Waals surface area (Å²) in [5.41, 5.74) is 3.98. The van der Waals surface area contributed by atoms with Gasteiger partial charge in [-0.3, -0.25) is 0 Å². The summed E-state index contributed by atoms with van der Waals surface area (Å²) in [6.45, 7) is 13.4. The maximum Gasteiger partial charge on any atom is 0.311 e. The van der Waals surface area contributed by atoms with E-state index >= 15 is 0 Å². The van der Waals surface area contributed by atoms with Crippen molar-refractivity contribution in [3.63, 3.8) is 0 Å². The fourth-order valence-corrected chi connectivity index (χ4v) is 20.7. The zero-order valence-corrected chi connectivity index (χ0v) is 22.4. The number of aromatic nitrogens is 1. The maximum absolute atomic E-state index is 13.7. The van der Waals surface area contributed by atoms with Crippen LogP contribution in [0.4, 0.5) is 4.39 Å². The molecular formula is C25H28FNO2Si3. The third-order valence-electron chi connectivity index (χ3n) is 6.25. The molecule has 0 saturated heterocycles. The average molecular weight is 478 g/mol. The fraction of sp³-hybridized carbons (Fsp3) is 0.240. The van der Waals surface area contributed by atoms with Gasteiger partial charge < -0.3 is 8.23 Å². The van der Waals surface area contributed by atoms with Crippen molar-refractivity contribution in [1.82, 2.24) is 4.98 Å². The molecule has 0 radical (unpaired) electrons. The van der Waals surface area contributed by atoms with E-state index in [9.17, 15) is 4.39 Å². The Hall–Kier alpha value is -2.17. The minimum atomic E-state index is -2.26. The van der Waals surface area contributed by atoms with Gasteiger partial charge in [0.25, 0.3) is 0 Å². The van der Waals surface area contributed by atoms with Crippen LogP contribution in [0.15, 0.2) is 60.7 Å². The fourth-order valence-electron chi connectivity index (χ4n) is 5.22. The van der Waals surface area contributed by atoms with Gasteiger partial charge in [-0.05, 0) is 79.5 Å². The number of halogens is 1. The molecule has 1 aliphatic rings. The van der Waals surface area contributed by atoms with Gasteiger partial charge in [0.1, 0.15) is 5.82 Å². The van der Waals surface area contributed by atoms with E-state index in [2.05, 4.69) is 57.5 Å². The second-order valence-corrected chi connectivity index (χ2v) is 21.6. The third kappa shape index (κ3) is 3.58. The molecular weight excluding hydrogens is 450 g/mol. The normalized spacial score (nSPS) is 19.0. The standard InChI is InChI=1S/C25H28FNO2Si3/c1-30(2)23-15-20-22(16-24(23)31(3,4)29-32(5,6)28-30)27-21-10-8-7-9-19(21)25(20)17-11-13-18(26)14-12-17/h7-16H,1-6H3. The van der Waals surface area contributed by atoms with Gasteiger partial charge >= 0.3 is 8.56 Å². The number of nitrogens with zero attached hydrogens (tertiary/aromatic N) is 1. The predicted molar refractivity (Wildman–Crippen MR) is 139 cm³/mol.